The summed E-state index contributed by atoms with van der Waals surface area (Å²) in [6.45, 7) is -0.0137. The van der Waals surface area contributed by atoms with Gasteiger partial charge in [-0.05, 0) is 18.2 Å². The van der Waals surface area contributed by atoms with Crippen LogP contribution >= 0.6 is 0 Å². The van der Waals surface area contributed by atoms with E-state index in [1.165, 1.54) is 18.2 Å². The van der Waals surface area contributed by atoms with Crippen molar-refractivity contribution in [1.29, 1.82) is 0 Å². The molecule has 0 saturated carbocycles. The maximum Gasteiger partial charge on any atom is 0.120 e. The van der Waals surface area contributed by atoms with Crippen LogP contribution in [0.5, 0.6) is 11.5 Å². The van der Waals surface area contributed by atoms with Crippen LogP contribution in [0.1, 0.15) is 5.56 Å². The first-order valence-corrected chi connectivity index (χ1v) is 2.89. The Morgan fingerprint density at radius 3 is 2.50 bits per heavy atom. The molecule has 0 fully saturated rings. The molecule has 0 aromatic heterocycles. The van der Waals surface area contributed by atoms with E-state index in [1.54, 1.807) is 0 Å². The first-order chi connectivity index (χ1) is 4.74. The summed E-state index contributed by atoms with van der Waals surface area (Å²) in [5.41, 5.74) is 7.35. The maximum atomic E-state index is 9.00. The Hall–Kier alpha value is -1.22. The third kappa shape index (κ3) is 1.19. The second-order valence-corrected chi connectivity index (χ2v) is 1.99. The Balaban J connectivity index is 3.09. The molecule has 1 aromatic carbocycles. The fourth-order valence-corrected chi connectivity index (χ4v) is 0.714. The van der Waals surface area contributed by atoms with Gasteiger partial charge in [0.2, 0.25) is 0 Å². The largest absolute Gasteiger partial charge is 0.508 e. The quantitative estimate of drug-likeness (QED) is 0.566. The monoisotopic (exact) mass is 138 g/mol. The lowest BCUT2D eigenvalue weighted by Gasteiger charge is -1.99. The number of phenolic OH excluding ortho intramolecular Hbond substituents is 2. The predicted octanol–water partition coefficient (Wildman–Crippen LogP) is 0.881. The Morgan fingerprint density at radius 1 is 1.30 bits per heavy atom. The van der Waals surface area contributed by atoms with Gasteiger partial charge in [-0.25, -0.2) is 0 Å². The van der Waals surface area contributed by atoms with Crippen LogP contribution in [0.15, 0.2) is 18.2 Å². The molecule has 3 heteroatoms. The van der Waals surface area contributed by atoms with Crippen molar-refractivity contribution in [2.24, 2.45) is 0 Å². The molecular formula is C7H8NO2. The molecule has 3 nitrogen and oxygen atoms in total. The smallest absolute Gasteiger partial charge is 0.120 e. The highest BCUT2D eigenvalue weighted by atomic mass is 16.3. The third-order valence-corrected chi connectivity index (χ3v) is 1.25. The zero-order valence-corrected chi connectivity index (χ0v) is 5.33. The van der Waals surface area contributed by atoms with Crippen molar-refractivity contribution in [1.82, 2.24) is 5.73 Å². The number of rotatable bonds is 1. The fourth-order valence-electron chi connectivity index (χ4n) is 0.714. The molecule has 1 aromatic rings. The van der Waals surface area contributed by atoms with Gasteiger partial charge in [-0.15, -0.1) is 0 Å². The molecule has 0 aliphatic rings. The highest BCUT2D eigenvalue weighted by Crippen LogP contribution is 2.21. The highest BCUT2D eigenvalue weighted by Gasteiger charge is 1.98. The van der Waals surface area contributed by atoms with Crippen LogP contribution in [-0.4, -0.2) is 10.2 Å². The van der Waals surface area contributed by atoms with Crippen LogP contribution < -0.4 is 5.73 Å². The number of nitrogens with one attached hydrogen (secondary N) is 1. The number of hydrogen-bond acceptors (Lipinski definition) is 2. The van der Waals surface area contributed by atoms with E-state index < -0.39 is 0 Å². The van der Waals surface area contributed by atoms with Gasteiger partial charge in [0.1, 0.15) is 11.5 Å². The summed E-state index contributed by atoms with van der Waals surface area (Å²) < 4.78 is 0. The SMILES string of the molecule is [NH]Cc1cc(O)ccc1O. The van der Waals surface area contributed by atoms with E-state index in [2.05, 4.69) is 0 Å². The molecule has 0 saturated heterocycles. The van der Waals surface area contributed by atoms with Crippen LogP contribution in [0, 0.1) is 0 Å². The maximum absolute atomic E-state index is 9.00. The Bertz CT molecular complexity index is 235. The van der Waals surface area contributed by atoms with E-state index in [0.717, 1.165) is 0 Å². The Kier molecular flexibility index (Phi) is 1.78. The molecule has 0 atom stereocenters. The second-order valence-electron chi connectivity index (χ2n) is 1.99. The lowest BCUT2D eigenvalue weighted by molar-refractivity contribution is 0.454. The average molecular weight is 138 g/mol. The summed E-state index contributed by atoms with van der Waals surface area (Å²) in [6.07, 6.45) is 0. The second kappa shape index (κ2) is 2.58. The normalized spacial score (nSPS) is 9.70. The van der Waals surface area contributed by atoms with Gasteiger partial charge in [0.15, 0.2) is 0 Å². The standard InChI is InChI=1S/C7H8NO2/c8-4-5-3-6(9)1-2-7(5)10/h1-3,8-10H,4H2. The summed E-state index contributed by atoms with van der Waals surface area (Å²) in [4.78, 5) is 0. The first kappa shape index (κ1) is 6.89. The Morgan fingerprint density at radius 2 is 2.00 bits per heavy atom. The lowest BCUT2D eigenvalue weighted by Crippen LogP contribution is -1.84. The van der Waals surface area contributed by atoms with Crippen molar-refractivity contribution in [2.45, 2.75) is 6.54 Å². The van der Waals surface area contributed by atoms with Crippen molar-refractivity contribution in [2.75, 3.05) is 0 Å². The molecule has 0 aliphatic heterocycles. The summed E-state index contributed by atoms with van der Waals surface area (Å²) >= 11 is 0. The van der Waals surface area contributed by atoms with Crippen LogP contribution in [0.25, 0.3) is 0 Å². The van der Waals surface area contributed by atoms with Gasteiger partial charge in [-0.2, -0.15) is 0 Å². The fraction of sp³-hybridized carbons (Fsp3) is 0.143. The molecule has 0 aliphatic carbocycles. The van der Waals surface area contributed by atoms with Gasteiger partial charge in [-0.3, -0.25) is 5.73 Å². The minimum Gasteiger partial charge on any atom is -0.508 e. The van der Waals surface area contributed by atoms with E-state index in [1.807, 2.05) is 0 Å². The summed E-state index contributed by atoms with van der Waals surface area (Å²) in [6, 6.07) is 4.13. The van der Waals surface area contributed by atoms with Crippen molar-refractivity contribution in [3.8, 4) is 11.5 Å². The van der Waals surface area contributed by atoms with Crippen molar-refractivity contribution >= 4 is 0 Å². The zero-order chi connectivity index (χ0) is 7.56. The van der Waals surface area contributed by atoms with E-state index in [4.69, 9.17) is 15.9 Å². The molecule has 10 heavy (non-hydrogen) atoms. The first-order valence-electron chi connectivity index (χ1n) is 2.89. The van der Waals surface area contributed by atoms with Crippen molar-refractivity contribution < 1.29 is 10.2 Å². The van der Waals surface area contributed by atoms with E-state index >= 15 is 0 Å². The van der Waals surface area contributed by atoms with Gasteiger partial charge < -0.3 is 10.2 Å². The highest BCUT2D eigenvalue weighted by molar-refractivity contribution is 5.38. The summed E-state index contributed by atoms with van der Waals surface area (Å²) in [7, 11) is 0. The topological polar surface area (TPSA) is 64.3 Å². The molecular weight excluding hydrogens is 130 g/mol. The van der Waals surface area contributed by atoms with Gasteiger partial charge in [0.25, 0.3) is 0 Å². The molecule has 0 heterocycles. The molecule has 0 spiro atoms. The molecule has 0 amide bonds. The zero-order valence-electron chi connectivity index (χ0n) is 5.33. The molecule has 0 unspecified atom stereocenters. The average Bonchev–Trinajstić information content (AvgIpc) is 1.94. The molecule has 0 bridgehead atoms. The number of benzene rings is 1. The molecule has 1 rings (SSSR count). The predicted molar refractivity (Wildman–Crippen MR) is 36.6 cm³/mol. The number of phenols is 2. The van der Waals surface area contributed by atoms with Crippen LogP contribution in [0.4, 0.5) is 0 Å². The summed E-state index contributed by atoms with van der Waals surface area (Å²) in [5.74, 6) is 0.146. The minimum atomic E-state index is -0.0137. The Labute approximate surface area is 58.7 Å². The number of hydrogen-bond donors (Lipinski definition) is 2. The summed E-state index contributed by atoms with van der Waals surface area (Å²) in [5, 5.41) is 17.9. The van der Waals surface area contributed by atoms with Crippen LogP contribution in [0.3, 0.4) is 0 Å². The van der Waals surface area contributed by atoms with E-state index in [0.29, 0.717) is 5.56 Å². The number of aromatic hydroxyl groups is 2. The van der Waals surface area contributed by atoms with Crippen molar-refractivity contribution in [3.63, 3.8) is 0 Å². The van der Waals surface area contributed by atoms with Gasteiger partial charge in [-0.1, -0.05) is 0 Å². The third-order valence-electron chi connectivity index (χ3n) is 1.25. The molecule has 1 radical (unpaired) electrons. The minimum absolute atomic E-state index is 0.0137. The van der Waals surface area contributed by atoms with Crippen LogP contribution in [0.2, 0.25) is 0 Å². The van der Waals surface area contributed by atoms with Gasteiger partial charge >= 0.3 is 0 Å². The van der Waals surface area contributed by atoms with E-state index in [9.17, 15) is 0 Å². The van der Waals surface area contributed by atoms with Gasteiger partial charge in [0.05, 0.1) is 0 Å². The lowest BCUT2D eigenvalue weighted by atomic mass is 10.2. The van der Waals surface area contributed by atoms with E-state index in [-0.39, 0.29) is 18.0 Å². The van der Waals surface area contributed by atoms with Crippen LogP contribution in [-0.2, 0) is 6.54 Å². The molecule has 3 N–H and O–H groups in total. The molecule has 53 valence electrons. The van der Waals surface area contributed by atoms with Gasteiger partial charge in [0, 0.05) is 12.1 Å². The van der Waals surface area contributed by atoms with Crippen molar-refractivity contribution in [3.05, 3.63) is 23.8 Å².